The van der Waals surface area contributed by atoms with Crippen molar-refractivity contribution in [2.75, 3.05) is 0 Å². The average Bonchev–Trinajstić information content (AvgIpc) is 3.69. The molecule has 0 spiro atoms. The maximum absolute atomic E-state index is 2.56. The van der Waals surface area contributed by atoms with Crippen molar-refractivity contribution in [1.82, 2.24) is 9.13 Å². The third kappa shape index (κ3) is 2.77. The van der Waals surface area contributed by atoms with Crippen molar-refractivity contribution in [2.24, 2.45) is 0 Å². The molecule has 1 aliphatic carbocycles. The number of aromatic nitrogens is 2. The molecule has 0 saturated heterocycles. The van der Waals surface area contributed by atoms with E-state index < -0.39 is 0 Å². The lowest BCUT2D eigenvalue weighted by Gasteiger charge is -2.15. The van der Waals surface area contributed by atoms with Gasteiger partial charge in [0.2, 0.25) is 0 Å². The Bertz CT molecular complexity index is 2520. The van der Waals surface area contributed by atoms with Gasteiger partial charge < -0.3 is 9.13 Å². The standard InChI is InChI=1S/C38H24N2S/c1-2-11-25(12-3-1)39-31-17-8-10-23-20-21-24-22-29-26-13-4-6-16-30(26)40(36(29)37(39)35(24)34(23)31)32-18-9-15-28-27-14-5-7-19-33(27)41-38(28)32/h1-19,22H,20-21H2. The molecule has 3 heterocycles. The van der Waals surface area contributed by atoms with E-state index >= 15 is 0 Å². The molecule has 0 N–H and O–H groups in total. The van der Waals surface area contributed by atoms with Gasteiger partial charge in [-0.05, 0) is 66.4 Å². The number of hydrogen-bond acceptors (Lipinski definition) is 1. The van der Waals surface area contributed by atoms with Crippen LogP contribution in [0.1, 0.15) is 11.1 Å². The topological polar surface area (TPSA) is 9.86 Å². The highest BCUT2D eigenvalue weighted by Gasteiger charge is 2.27. The summed E-state index contributed by atoms with van der Waals surface area (Å²) >= 11 is 1.90. The molecule has 10 rings (SSSR count). The van der Waals surface area contributed by atoms with Crippen LogP contribution in [-0.4, -0.2) is 9.13 Å². The van der Waals surface area contributed by atoms with E-state index in [1.807, 2.05) is 11.3 Å². The van der Waals surface area contributed by atoms with Crippen LogP contribution >= 0.6 is 11.3 Å². The molecule has 9 aromatic rings. The highest BCUT2D eigenvalue weighted by Crippen LogP contribution is 2.47. The molecule has 2 nitrogen and oxygen atoms in total. The quantitative estimate of drug-likeness (QED) is 0.206. The van der Waals surface area contributed by atoms with E-state index in [2.05, 4.69) is 130 Å². The zero-order valence-corrected chi connectivity index (χ0v) is 23.1. The Hall–Kier alpha value is -4.86. The van der Waals surface area contributed by atoms with Gasteiger partial charge in [0.15, 0.2) is 0 Å². The lowest BCUT2D eigenvalue weighted by molar-refractivity contribution is 0.971. The molecule has 6 aromatic carbocycles. The predicted octanol–water partition coefficient (Wildman–Crippen LogP) is 10.3. The lowest BCUT2D eigenvalue weighted by Crippen LogP contribution is -2.01. The maximum Gasteiger partial charge on any atom is 0.0791 e. The number of thiophene rings is 1. The Balaban J connectivity index is 1.50. The molecule has 0 radical (unpaired) electrons. The fraction of sp³-hybridized carbons (Fsp3) is 0.0526. The fourth-order valence-electron chi connectivity index (χ4n) is 7.52. The van der Waals surface area contributed by atoms with E-state index in [4.69, 9.17) is 0 Å². The summed E-state index contributed by atoms with van der Waals surface area (Å²) in [5, 5.41) is 8.16. The Morgan fingerprint density at radius 1 is 0.488 bits per heavy atom. The zero-order chi connectivity index (χ0) is 26.7. The van der Waals surface area contributed by atoms with Crippen LogP contribution in [0.15, 0.2) is 121 Å². The lowest BCUT2D eigenvalue weighted by atomic mass is 9.90. The van der Waals surface area contributed by atoms with Crippen LogP contribution in [0.25, 0.3) is 75.2 Å². The second kappa shape index (κ2) is 7.87. The summed E-state index contributed by atoms with van der Waals surface area (Å²) in [4.78, 5) is 0. The van der Waals surface area contributed by atoms with E-state index in [0.717, 1.165) is 12.8 Å². The average molecular weight is 541 g/mol. The minimum atomic E-state index is 1.07. The minimum Gasteiger partial charge on any atom is -0.307 e. The van der Waals surface area contributed by atoms with E-state index in [1.165, 1.54) is 86.3 Å². The van der Waals surface area contributed by atoms with E-state index in [0.29, 0.717) is 0 Å². The van der Waals surface area contributed by atoms with Crippen molar-refractivity contribution in [3.63, 3.8) is 0 Å². The molecule has 0 saturated carbocycles. The fourth-order valence-corrected chi connectivity index (χ4v) is 8.72. The monoisotopic (exact) mass is 540 g/mol. The summed E-state index contributed by atoms with van der Waals surface area (Å²) in [7, 11) is 0. The van der Waals surface area contributed by atoms with E-state index in [9.17, 15) is 0 Å². The molecule has 1 aliphatic rings. The molecule has 0 unspecified atom stereocenters. The van der Waals surface area contributed by atoms with Crippen molar-refractivity contribution in [3.8, 4) is 11.4 Å². The molecule has 0 atom stereocenters. The van der Waals surface area contributed by atoms with Gasteiger partial charge >= 0.3 is 0 Å². The molecule has 0 fully saturated rings. The summed E-state index contributed by atoms with van der Waals surface area (Å²) in [6, 6.07) is 44.9. The zero-order valence-electron chi connectivity index (χ0n) is 22.3. The second-order valence-electron chi connectivity index (χ2n) is 11.2. The van der Waals surface area contributed by atoms with Gasteiger partial charge in [0.1, 0.15) is 0 Å². The first-order valence-corrected chi connectivity index (χ1v) is 15.2. The molecular weight excluding hydrogens is 516 g/mol. The second-order valence-corrected chi connectivity index (χ2v) is 12.3. The first-order valence-electron chi connectivity index (χ1n) is 14.3. The van der Waals surface area contributed by atoms with Gasteiger partial charge in [-0.1, -0.05) is 78.9 Å². The van der Waals surface area contributed by atoms with Crippen LogP contribution in [0.3, 0.4) is 0 Å². The highest BCUT2D eigenvalue weighted by atomic mass is 32.1. The van der Waals surface area contributed by atoms with Gasteiger partial charge in [0.05, 0.1) is 32.5 Å². The first kappa shape index (κ1) is 21.9. The molecule has 3 heteroatoms. The third-order valence-corrected chi connectivity index (χ3v) is 10.4. The predicted molar refractivity (Wildman–Crippen MR) is 175 cm³/mol. The normalized spacial score (nSPS) is 13.2. The van der Waals surface area contributed by atoms with Gasteiger partial charge in [-0.3, -0.25) is 0 Å². The Morgan fingerprint density at radius 2 is 1.22 bits per heavy atom. The molecule has 192 valence electrons. The Kier molecular flexibility index (Phi) is 4.20. The first-order chi connectivity index (χ1) is 20.4. The Morgan fingerprint density at radius 3 is 2.15 bits per heavy atom. The van der Waals surface area contributed by atoms with Crippen molar-refractivity contribution in [1.29, 1.82) is 0 Å². The number of rotatable bonds is 2. The third-order valence-electron chi connectivity index (χ3n) is 9.16. The number of fused-ring (bicyclic) bond motifs is 7. The summed E-state index contributed by atoms with van der Waals surface area (Å²) in [6.07, 6.45) is 2.16. The summed E-state index contributed by atoms with van der Waals surface area (Å²) in [5.74, 6) is 0. The molecule has 0 amide bonds. The van der Waals surface area contributed by atoms with Crippen LogP contribution in [0, 0.1) is 0 Å². The van der Waals surface area contributed by atoms with Crippen molar-refractivity contribution < 1.29 is 0 Å². The number of hydrogen-bond donors (Lipinski definition) is 0. The van der Waals surface area contributed by atoms with Crippen molar-refractivity contribution in [3.05, 3.63) is 132 Å². The molecule has 3 aromatic heterocycles. The number of aryl methyl sites for hydroxylation is 2. The van der Waals surface area contributed by atoms with Gasteiger partial charge in [-0.25, -0.2) is 0 Å². The van der Waals surface area contributed by atoms with Crippen molar-refractivity contribution in [2.45, 2.75) is 12.8 Å². The van der Waals surface area contributed by atoms with Gasteiger partial charge in [0, 0.05) is 42.7 Å². The van der Waals surface area contributed by atoms with E-state index in [1.54, 1.807) is 0 Å². The number of nitrogens with zero attached hydrogens (tertiary/aromatic N) is 2. The summed E-state index contributed by atoms with van der Waals surface area (Å²) in [6.45, 7) is 0. The number of para-hydroxylation sites is 2. The van der Waals surface area contributed by atoms with Crippen LogP contribution in [0.2, 0.25) is 0 Å². The van der Waals surface area contributed by atoms with Crippen molar-refractivity contribution >= 4 is 75.1 Å². The number of benzene rings is 6. The molecular formula is C38H24N2S. The largest absolute Gasteiger partial charge is 0.307 e. The molecule has 0 bridgehead atoms. The van der Waals surface area contributed by atoms with E-state index in [-0.39, 0.29) is 0 Å². The summed E-state index contributed by atoms with van der Waals surface area (Å²) in [5.41, 5.74) is 10.6. The van der Waals surface area contributed by atoms with Gasteiger partial charge in [0.25, 0.3) is 0 Å². The Labute approximate surface area is 240 Å². The molecule has 41 heavy (non-hydrogen) atoms. The van der Waals surface area contributed by atoms with Crippen LogP contribution in [0.4, 0.5) is 0 Å². The SMILES string of the molecule is c1ccc(-n2c3cccc4c3c3c(cc5c6ccccc6n(-c6cccc7c6sc6ccccc67)c5c32)CC4)cc1. The van der Waals surface area contributed by atoms with Gasteiger partial charge in [-0.2, -0.15) is 0 Å². The highest BCUT2D eigenvalue weighted by molar-refractivity contribution is 7.26. The summed E-state index contributed by atoms with van der Waals surface area (Å²) < 4.78 is 7.77. The van der Waals surface area contributed by atoms with Crippen LogP contribution in [0.5, 0.6) is 0 Å². The van der Waals surface area contributed by atoms with Crippen LogP contribution in [-0.2, 0) is 12.8 Å². The van der Waals surface area contributed by atoms with Gasteiger partial charge in [-0.15, -0.1) is 11.3 Å². The molecule has 0 aliphatic heterocycles. The van der Waals surface area contributed by atoms with Crippen LogP contribution < -0.4 is 0 Å². The minimum absolute atomic E-state index is 1.07. The smallest absolute Gasteiger partial charge is 0.0791 e. The maximum atomic E-state index is 2.56.